The summed E-state index contributed by atoms with van der Waals surface area (Å²) in [7, 11) is 3.45. The maximum atomic E-state index is 6.20. The summed E-state index contributed by atoms with van der Waals surface area (Å²) in [4.78, 5) is 0. The van der Waals surface area contributed by atoms with Crippen molar-refractivity contribution in [1.82, 2.24) is 5.32 Å². The minimum absolute atomic E-state index is 0.129. The van der Waals surface area contributed by atoms with Gasteiger partial charge in [0.1, 0.15) is 5.75 Å². The predicted octanol–water partition coefficient (Wildman–Crippen LogP) is 3.25. The first kappa shape index (κ1) is 15.6. The molecule has 0 amide bonds. The normalized spacial score (nSPS) is 25.3. The molecule has 2 rings (SSSR count). The van der Waals surface area contributed by atoms with Crippen LogP contribution in [0.25, 0.3) is 0 Å². The van der Waals surface area contributed by atoms with Gasteiger partial charge in [-0.1, -0.05) is 18.5 Å². The van der Waals surface area contributed by atoms with Crippen molar-refractivity contribution in [2.75, 3.05) is 33.9 Å². The summed E-state index contributed by atoms with van der Waals surface area (Å²) in [5, 5.41) is 4.28. The van der Waals surface area contributed by atoms with E-state index in [-0.39, 0.29) is 5.41 Å². The van der Waals surface area contributed by atoms with Gasteiger partial charge in [-0.3, -0.25) is 0 Å². The van der Waals surface area contributed by atoms with E-state index in [2.05, 4.69) is 18.3 Å². The summed E-state index contributed by atoms with van der Waals surface area (Å²) in [6.07, 6.45) is 2.42. The lowest BCUT2D eigenvalue weighted by Gasteiger charge is -2.49. The van der Waals surface area contributed by atoms with E-state index in [1.54, 1.807) is 14.2 Å². The van der Waals surface area contributed by atoms with Gasteiger partial charge in [0.15, 0.2) is 0 Å². The fraction of sp³-hybridized carbons (Fsp3) is 0.625. The number of hydrogen-bond donors (Lipinski definition) is 1. The molecule has 1 aromatic carbocycles. The Bertz CT molecular complexity index is 452. The van der Waals surface area contributed by atoms with Gasteiger partial charge in [0.25, 0.3) is 0 Å². The van der Waals surface area contributed by atoms with Crippen molar-refractivity contribution < 1.29 is 9.47 Å². The molecule has 0 radical (unpaired) electrons. The monoisotopic (exact) mass is 297 g/mol. The number of methoxy groups -OCH3 is 2. The quantitative estimate of drug-likeness (QED) is 0.784. The van der Waals surface area contributed by atoms with Crippen molar-refractivity contribution in [3.63, 3.8) is 0 Å². The van der Waals surface area contributed by atoms with Gasteiger partial charge in [0, 0.05) is 36.2 Å². The van der Waals surface area contributed by atoms with Crippen LogP contribution in [0.1, 0.15) is 25.3 Å². The fourth-order valence-corrected chi connectivity index (χ4v) is 3.27. The summed E-state index contributed by atoms with van der Waals surface area (Å²) in [5.74, 6) is 1.57. The largest absolute Gasteiger partial charge is 0.496 e. The SMILES string of the molecule is COCCNCC1(c2cc(Cl)ccc2OC)CCC1C. The number of rotatable bonds is 7. The molecule has 112 valence electrons. The second kappa shape index (κ2) is 6.79. The Morgan fingerprint density at radius 1 is 1.40 bits per heavy atom. The zero-order valence-corrected chi connectivity index (χ0v) is 13.3. The van der Waals surface area contributed by atoms with E-state index in [4.69, 9.17) is 21.1 Å². The molecule has 1 aromatic rings. The summed E-state index contributed by atoms with van der Waals surface area (Å²) in [6.45, 7) is 4.85. The molecule has 0 aliphatic heterocycles. The lowest BCUT2D eigenvalue weighted by molar-refractivity contribution is 0.124. The van der Waals surface area contributed by atoms with Gasteiger partial charge in [-0.05, 0) is 37.0 Å². The van der Waals surface area contributed by atoms with E-state index in [0.29, 0.717) is 5.92 Å². The minimum Gasteiger partial charge on any atom is -0.496 e. The van der Waals surface area contributed by atoms with Gasteiger partial charge >= 0.3 is 0 Å². The number of ether oxygens (including phenoxy) is 2. The highest BCUT2D eigenvalue weighted by molar-refractivity contribution is 6.30. The third kappa shape index (κ3) is 2.95. The summed E-state index contributed by atoms with van der Waals surface area (Å²) in [6, 6.07) is 5.92. The second-order valence-electron chi connectivity index (χ2n) is 5.61. The van der Waals surface area contributed by atoms with Gasteiger partial charge in [-0.15, -0.1) is 0 Å². The third-order valence-electron chi connectivity index (χ3n) is 4.59. The minimum atomic E-state index is 0.129. The van der Waals surface area contributed by atoms with Crippen LogP contribution in [0.4, 0.5) is 0 Å². The molecule has 2 unspecified atom stereocenters. The van der Waals surface area contributed by atoms with Crippen molar-refractivity contribution in [2.24, 2.45) is 5.92 Å². The molecule has 0 spiro atoms. The summed E-state index contributed by atoms with van der Waals surface area (Å²) < 4.78 is 10.6. The van der Waals surface area contributed by atoms with Crippen molar-refractivity contribution >= 4 is 11.6 Å². The molecule has 1 saturated carbocycles. The Labute approximate surface area is 126 Å². The highest BCUT2D eigenvalue weighted by Gasteiger charge is 2.46. The van der Waals surface area contributed by atoms with Crippen LogP contribution in [-0.2, 0) is 10.2 Å². The highest BCUT2D eigenvalue weighted by Crippen LogP contribution is 2.51. The van der Waals surface area contributed by atoms with Crippen LogP contribution in [0.15, 0.2) is 18.2 Å². The van der Waals surface area contributed by atoms with Gasteiger partial charge in [0.2, 0.25) is 0 Å². The molecule has 1 N–H and O–H groups in total. The zero-order valence-electron chi connectivity index (χ0n) is 12.5. The van der Waals surface area contributed by atoms with Crippen LogP contribution < -0.4 is 10.1 Å². The molecular formula is C16H24ClNO2. The van der Waals surface area contributed by atoms with E-state index in [9.17, 15) is 0 Å². The number of nitrogens with one attached hydrogen (secondary N) is 1. The Balaban J connectivity index is 2.22. The number of halogens is 1. The molecule has 0 saturated heterocycles. The van der Waals surface area contributed by atoms with Gasteiger partial charge in [-0.25, -0.2) is 0 Å². The standard InChI is InChI=1S/C16H24ClNO2/c1-12-6-7-16(12,11-18-8-9-19-2)14-10-13(17)4-5-15(14)20-3/h4-5,10,12,18H,6-9,11H2,1-3H3. The van der Waals surface area contributed by atoms with E-state index in [0.717, 1.165) is 30.5 Å². The Morgan fingerprint density at radius 3 is 2.75 bits per heavy atom. The predicted molar refractivity (Wildman–Crippen MR) is 82.8 cm³/mol. The van der Waals surface area contributed by atoms with E-state index in [1.165, 1.54) is 18.4 Å². The lowest BCUT2D eigenvalue weighted by atomic mass is 9.57. The molecular weight excluding hydrogens is 274 g/mol. The molecule has 3 nitrogen and oxygen atoms in total. The molecule has 2 atom stereocenters. The Kier molecular flexibility index (Phi) is 5.30. The van der Waals surface area contributed by atoms with Crippen LogP contribution in [0, 0.1) is 5.92 Å². The Hall–Kier alpha value is -0.770. The topological polar surface area (TPSA) is 30.5 Å². The highest BCUT2D eigenvalue weighted by atomic mass is 35.5. The van der Waals surface area contributed by atoms with Crippen molar-refractivity contribution in [1.29, 1.82) is 0 Å². The number of benzene rings is 1. The van der Waals surface area contributed by atoms with E-state index in [1.807, 2.05) is 12.1 Å². The fourth-order valence-electron chi connectivity index (χ4n) is 3.09. The zero-order chi connectivity index (χ0) is 14.6. The first-order chi connectivity index (χ1) is 9.64. The first-order valence-electron chi connectivity index (χ1n) is 7.17. The first-order valence-corrected chi connectivity index (χ1v) is 7.55. The molecule has 1 aliphatic carbocycles. The smallest absolute Gasteiger partial charge is 0.122 e. The summed E-state index contributed by atoms with van der Waals surface area (Å²) >= 11 is 6.20. The molecule has 0 heterocycles. The lowest BCUT2D eigenvalue weighted by Crippen LogP contribution is -2.50. The van der Waals surface area contributed by atoms with Crippen molar-refractivity contribution in [3.05, 3.63) is 28.8 Å². The molecule has 4 heteroatoms. The average Bonchev–Trinajstić information content (AvgIpc) is 2.46. The van der Waals surface area contributed by atoms with Crippen LogP contribution in [0.2, 0.25) is 5.02 Å². The van der Waals surface area contributed by atoms with Crippen LogP contribution in [-0.4, -0.2) is 33.9 Å². The van der Waals surface area contributed by atoms with Gasteiger partial charge in [-0.2, -0.15) is 0 Å². The number of hydrogen-bond acceptors (Lipinski definition) is 3. The van der Waals surface area contributed by atoms with E-state index < -0.39 is 0 Å². The van der Waals surface area contributed by atoms with Crippen LogP contribution in [0.3, 0.4) is 0 Å². The molecule has 0 bridgehead atoms. The molecule has 0 aromatic heterocycles. The van der Waals surface area contributed by atoms with Crippen LogP contribution >= 0.6 is 11.6 Å². The summed E-state index contributed by atoms with van der Waals surface area (Å²) in [5.41, 5.74) is 1.36. The average molecular weight is 298 g/mol. The van der Waals surface area contributed by atoms with Gasteiger partial charge < -0.3 is 14.8 Å². The van der Waals surface area contributed by atoms with E-state index >= 15 is 0 Å². The molecule has 1 fully saturated rings. The maximum Gasteiger partial charge on any atom is 0.122 e. The van der Waals surface area contributed by atoms with Crippen molar-refractivity contribution in [3.8, 4) is 5.75 Å². The Morgan fingerprint density at radius 2 is 2.20 bits per heavy atom. The molecule has 1 aliphatic rings. The second-order valence-corrected chi connectivity index (χ2v) is 6.05. The maximum absolute atomic E-state index is 6.20. The third-order valence-corrected chi connectivity index (χ3v) is 4.82. The van der Waals surface area contributed by atoms with Crippen LogP contribution in [0.5, 0.6) is 5.75 Å². The molecule has 20 heavy (non-hydrogen) atoms. The van der Waals surface area contributed by atoms with Crippen molar-refractivity contribution in [2.45, 2.75) is 25.2 Å². The van der Waals surface area contributed by atoms with Gasteiger partial charge in [0.05, 0.1) is 13.7 Å².